The Morgan fingerprint density at radius 1 is 0.504 bits per heavy atom. The molecule has 0 unspecified atom stereocenters. The number of nitrogens with two attached hydrogens (primary N) is 1. The third-order valence-electron chi connectivity index (χ3n) is 21.2. The van der Waals surface area contributed by atoms with Crippen LogP contribution < -0.4 is 48.8 Å². The van der Waals surface area contributed by atoms with E-state index in [1.165, 1.54) is 17.2 Å². The molecule has 0 bridgehead atoms. The van der Waals surface area contributed by atoms with Crippen molar-refractivity contribution in [3.8, 4) is 45.3 Å². The molecular weight excluding hydrogens is 1440 g/mol. The fourth-order valence-corrected chi connectivity index (χ4v) is 16.2. The molecular formula is C88H93N23O4. The van der Waals surface area contributed by atoms with E-state index in [4.69, 9.17) is 20.7 Å². The number of benzene rings is 1. The lowest BCUT2D eigenvalue weighted by atomic mass is 9.81. The first-order valence-electron chi connectivity index (χ1n) is 38.9. The van der Waals surface area contributed by atoms with Crippen molar-refractivity contribution in [2.75, 3.05) is 44.2 Å². The molecule has 1 saturated heterocycles. The first-order valence-corrected chi connectivity index (χ1v) is 38.9. The molecule has 1 atom stereocenters. The molecule has 1 aromatic carbocycles. The molecule has 27 heteroatoms. The van der Waals surface area contributed by atoms with Gasteiger partial charge in [0.2, 0.25) is 0 Å². The van der Waals surface area contributed by atoms with Gasteiger partial charge in [-0.2, -0.15) is 15.3 Å². The molecule has 16 aromatic rings. The van der Waals surface area contributed by atoms with E-state index in [2.05, 4.69) is 121 Å². The van der Waals surface area contributed by atoms with Crippen molar-refractivity contribution in [1.29, 1.82) is 0 Å². The van der Waals surface area contributed by atoms with Crippen LogP contribution in [0.1, 0.15) is 110 Å². The average molecular weight is 1540 g/mol. The summed E-state index contributed by atoms with van der Waals surface area (Å²) >= 11 is 0. The molecule has 0 saturated carbocycles. The van der Waals surface area contributed by atoms with Crippen LogP contribution in [0, 0.1) is 48.5 Å². The summed E-state index contributed by atoms with van der Waals surface area (Å²) in [4.78, 5) is 86.0. The van der Waals surface area contributed by atoms with E-state index >= 15 is 0 Å². The first-order chi connectivity index (χ1) is 55.1. The molecule has 15 aromatic heterocycles. The second-order valence-corrected chi connectivity index (χ2v) is 31.7. The Balaban J connectivity index is 0.000000116. The molecule has 0 radical (unpaired) electrons. The van der Waals surface area contributed by atoms with Crippen LogP contribution in [0.25, 0.3) is 106 Å². The Labute approximate surface area is 662 Å². The Bertz CT molecular complexity index is 6880. The Morgan fingerprint density at radius 3 is 1.63 bits per heavy atom. The number of fused-ring (bicyclic) bond motifs is 8. The Hall–Kier alpha value is -12.8. The Morgan fingerprint density at radius 2 is 1.04 bits per heavy atom. The highest BCUT2D eigenvalue weighted by Crippen LogP contribution is 2.35. The number of aryl methyl sites for hydroxylation is 9. The normalized spacial score (nSPS) is 15.4. The summed E-state index contributed by atoms with van der Waals surface area (Å²) < 4.78 is 13.9. The van der Waals surface area contributed by atoms with E-state index in [1.54, 1.807) is 44.8 Å². The zero-order chi connectivity index (χ0) is 80.5. The van der Waals surface area contributed by atoms with Crippen molar-refractivity contribution in [2.45, 2.75) is 126 Å². The van der Waals surface area contributed by atoms with Crippen LogP contribution in [-0.2, 0) is 13.5 Å². The molecule has 3 aliphatic rings. The van der Waals surface area contributed by atoms with Crippen molar-refractivity contribution in [3.05, 3.63) is 269 Å². The number of piperazine rings is 1. The summed E-state index contributed by atoms with van der Waals surface area (Å²) in [5.74, 6) is 0. The first kappa shape index (κ1) is 76.2. The van der Waals surface area contributed by atoms with Gasteiger partial charge in [0, 0.05) is 135 Å². The maximum absolute atomic E-state index is 13.0. The van der Waals surface area contributed by atoms with Gasteiger partial charge in [0.1, 0.15) is 34.0 Å². The predicted octanol–water partition coefficient (Wildman–Crippen LogP) is 11.2. The molecule has 1 fully saturated rings. The van der Waals surface area contributed by atoms with E-state index < -0.39 is 0 Å². The number of rotatable bonds is 10. The van der Waals surface area contributed by atoms with E-state index in [0.29, 0.717) is 69.3 Å². The van der Waals surface area contributed by atoms with Gasteiger partial charge in [0.15, 0.2) is 0 Å². The summed E-state index contributed by atoms with van der Waals surface area (Å²) in [6.45, 7) is 30.0. The standard InChI is InChI=1S/C25H28N6O.C22H24N6O.C22H21N5O.C19H20N6O/c1-15-13-31-21(16(2)26-15)9-20(28-31)19-10-23(32)30-14-17(7-8-22(30)27-19)18-11-24(3,4)29-25(5,6)12-18;1-14-8-16(9-17-12-26(3)25-22(14)17)19-10-21(29)28-13-18(4-5-20(28)24-19)27-7-6-23-15(2)11-27;1-14-11-26-12-18(9-20(26)15(2)24-14)19-10-22(28)27-13-17(3-4-21(27)25-19)16-5-7-23-8-6-16;1-12-10-25-17(13(2)21-12)8-16(23-25)15-9-19(26)24-11-14(4-3-7-20)5-6-18(24)22-15/h7-11,13-14,29H,12H2,1-6H3;4-5,8-10,12-13,15,23H,6-7,11H2,1-3H3;3-5,9-13,23H,6-8H2,1-2H3;5-6,8-11H,3-4,7,20H2,1-2H3/t;15-;;/m.1../s1. The predicted molar refractivity (Wildman–Crippen MR) is 453 cm³/mol. The molecule has 19 rings (SSSR count). The van der Waals surface area contributed by atoms with E-state index in [9.17, 15) is 19.2 Å². The van der Waals surface area contributed by atoms with Gasteiger partial charge in [-0.25, -0.2) is 29.0 Å². The highest BCUT2D eigenvalue weighted by Gasteiger charge is 2.33. The minimum Gasteiger partial charge on any atom is -0.368 e. The van der Waals surface area contributed by atoms with Gasteiger partial charge in [-0.05, 0) is 228 Å². The highest BCUT2D eigenvalue weighted by molar-refractivity contribution is 5.87. The minimum absolute atomic E-state index is 0.0237. The number of pyridine rings is 4. The van der Waals surface area contributed by atoms with E-state index in [1.807, 2.05) is 181 Å². The van der Waals surface area contributed by atoms with Crippen molar-refractivity contribution >= 4 is 66.9 Å². The topological polar surface area (TPSA) is 298 Å². The smallest absolute Gasteiger partial charge is 0.258 e. The van der Waals surface area contributed by atoms with E-state index in [0.717, 1.165) is 159 Å². The van der Waals surface area contributed by atoms with Crippen LogP contribution in [0.2, 0.25) is 0 Å². The van der Waals surface area contributed by atoms with Crippen LogP contribution >= 0.6 is 0 Å². The molecule has 584 valence electrons. The number of hydrogen-bond acceptors (Lipinski definition) is 19. The number of anilines is 1. The van der Waals surface area contributed by atoms with Crippen molar-refractivity contribution in [3.63, 3.8) is 0 Å². The monoisotopic (exact) mass is 1540 g/mol. The van der Waals surface area contributed by atoms with Crippen molar-refractivity contribution < 1.29 is 0 Å². The number of hydrogen-bond donors (Lipinski definition) is 4. The van der Waals surface area contributed by atoms with Gasteiger partial charge >= 0.3 is 0 Å². The maximum atomic E-state index is 13.0. The van der Waals surface area contributed by atoms with Crippen molar-refractivity contribution in [2.24, 2.45) is 12.8 Å². The fraction of sp³-hybridized carbons (Fsp3) is 0.295. The third kappa shape index (κ3) is 16.0. The number of nitrogens with one attached hydrogen (secondary N) is 3. The van der Waals surface area contributed by atoms with Crippen LogP contribution in [0.3, 0.4) is 0 Å². The molecule has 3 aliphatic heterocycles. The van der Waals surface area contributed by atoms with Crippen LogP contribution in [0.4, 0.5) is 5.69 Å². The van der Waals surface area contributed by atoms with Gasteiger partial charge in [-0.15, -0.1) is 0 Å². The SMILES string of the molecule is Cc1cc(-c2cc(=O)n3cc(N4CCN[C@H](C)C4)ccc3n2)cc2cn(C)nc12.Cc1cn2cc(-c3cc(=O)n4cc(C5=CCNCC5)ccc4n3)cc2c(C)n1.Cc1cn2nc(-c3cc(=O)n4cc(C5=CC(C)(C)NC(C)(C)C5)ccc4n3)cc2c(C)n1.Cc1cn2nc(-c3cc(=O)n4cc(CCCN)ccc4n3)cc2c(C)n1. The van der Waals surface area contributed by atoms with Gasteiger partial charge < -0.3 is 31.0 Å². The summed E-state index contributed by atoms with van der Waals surface area (Å²) in [6.07, 6.45) is 25.3. The Kier molecular flexibility index (Phi) is 20.3. The summed E-state index contributed by atoms with van der Waals surface area (Å²) in [5, 5.41) is 25.1. The third-order valence-corrected chi connectivity index (χ3v) is 21.2. The zero-order valence-electron chi connectivity index (χ0n) is 67.0. The van der Waals surface area contributed by atoms with Gasteiger partial charge in [-0.3, -0.25) is 56.4 Å². The van der Waals surface area contributed by atoms with Crippen LogP contribution in [0.15, 0.2) is 190 Å². The van der Waals surface area contributed by atoms with Crippen molar-refractivity contribution in [1.82, 2.24) is 102 Å². The summed E-state index contributed by atoms with van der Waals surface area (Å²) in [6, 6.07) is 32.5. The molecule has 0 spiro atoms. The molecule has 27 nitrogen and oxygen atoms in total. The fourth-order valence-electron chi connectivity index (χ4n) is 16.2. The molecule has 0 amide bonds. The van der Waals surface area contributed by atoms with Crippen LogP contribution in [0.5, 0.6) is 0 Å². The minimum atomic E-state index is -0.123. The van der Waals surface area contributed by atoms with Crippen LogP contribution in [-0.4, -0.2) is 142 Å². The summed E-state index contributed by atoms with van der Waals surface area (Å²) in [7, 11) is 1.91. The highest BCUT2D eigenvalue weighted by atomic mass is 16.1. The molecule has 0 aliphatic carbocycles. The van der Waals surface area contributed by atoms with Gasteiger partial charge in [0.25, 0.3) is 22.2 Å². The maximum Gasteiger partial charge on any atom is 0.258 e. The number of aromatic nitrogens is 18. The molecule has 18 heterocycles. The lowest BCUT2D eigenvalue weighted by Gasteiger charge is -2.41. The number of nitrogens with zero attached hydrogens (tertiary/aromatic N) is 19. The van der Waals surface area contributed by atoms with Gasteiger partial charge in [-0.1, -0.05) is 18.2 Å². The van der Waals surface area contributed by atoms with E-state index in [-0.39, 0.29) is 33.3 Å². The lowest BCUT2D eigenvalue weighted by Crippen LogP contribution is -2.53. The molecule has 115 heavy (non-hydrogen) atoms. The molecule has 5 N–H and O–H groups in total. The second-order valence-electron chi connectivity index (χ2n) is 31.7. The summed E-state index contributed by atoms with van der Waals surface area (Å²) in [5.41, 5.74) is 30.3. The van der Waals surface area contributed by atoms with Gasteiger partial charge in [0.05, 0.1) is 97.1 Å². The average Bonchev–Trinajstić information content (AvgIpc) is 1.78. The zero-order valence-corrected chi connectivity index (χ0v) is 67.0. The lowest BCUT2D eigenvalue weighted by molar-refractivity contribution is 0.297. The second kappa shape index (κ2) is 30.6. The quantitative estimate of drug-likeness (QED) is 0.0989. The largest absolute Gasteiger partial charge is 0.368 e.